The maximum Gasteiger partial charge on any atom is 0.305 e. The maximum absolute atomic E-state index is 11.7. The average Bonchev–Trinajstić information content (AvgIpc) is 2.76. The van der Waals surface area contributed by atoms with Crippen LogP contribution in [0.3, 0.4) is 0 Å². The normalized spacial score (nSPS) is 13.0. The predicted octanol–water partition coefficient (Wildman–Crippen LogP) is 8.16. The molecule has 4 heteroatoms. The number of rotatable bonds is 22. The first-order valence-electron chi connectivity index (χ1n) is 13.4. The lowest BCUT2D eigenvalue weighted by Gasteiger charge is -2.17. The molecule has 31 heavy (non-hydrogen) atoms. The molecule has 4 nitrogen and oxygen atoms in total. The molecule has 0 aliphatic heterocycles. The Hall–Kier alpha value is -1.06. The van der Waals surface area contributed by atoms with E-state index in [-0.39, 0.29) is 18.0 Å². The second-order valence-electron chi connectivity index (χ2n) is 9.26. The summed E-state index contributed by atoms with van der Waals surface area (Å²) in [6, 6.07) is 0. The molecular weight excluding hydrogens is 388 g/mol. The first-order valence-corrected chi connectivity index (χ1v) is 13.4. The van der Waals surface area contributed by atoms with Crippen LogP contribution in [0.1, 0.15) is 143 Å². The van der Waals surface area contributed by atoms with Gasteiger partial charge in [0.25, 0.3) is 0 Å². The van der Waals surface area contributed by atoms with E-state index in [1.807, 2.05) is 6.92 Å². The lowest BCUT2D eigenvalue weighted by Crippen LogP contribution is -2.17. The Bertz CT molecular complexity index is 421. The van der Waals surface area contributed by atoms with Crippen LogP contribution in [0.5, 0.6) is 0 Å². The molecule has 0 heterocycles. The highest BCUT2D eigenvalue weighted by atomic mass is 16.5. The Labute approximate surface area is 193 Å². The fourth-order valence-electron chi connectivity index (χ4n) is 3.92. The van der Waals surface area contributed by atoms with E-state index in [0.717, 1.165) is 44.9 Å². The van der Waals surface area contributed by atoms with Gasteiger partial charge in [-0.2, -0.15) is 0 Å². The van der Waals surface area contributed by atoms with Crippen LogP contribution in [0.25, 0.3) is 0 Å². The number of unbranched alkanes of at least 4 members (excludes halogenated alkanes) is 10. The number of hydrogen-bond acceptors (Lipinski definition) is 4. The molecule has 0 N–H and O–H groups in total. The van der Waals surface area contributed by atoms with Gasteiger partial charge in [-0.15, -0.1) is 0 Å². The standard InChI is InChI=1S/C27H52O4/c1-5-8-9-16-20-25(31-26(28)7-3)21-17-14-12-10-11-13-15-18-22-27(29)30-23-24(4)19-6-2/h24-25H,5-23H2,1-4H3/t24-,25-/m1/s1. The molecule has 0 aromatic heterocycles. The van der Waals surface area contributed by atoms with Crippen LogP contribution >= 0.6 is 0 Å². The Balaban J connectivity index is 3.63. The summed E-state index contributed by atoms with van der Waals surface area (Å²) >= 11 is 0. The smallest absolute Gasteiger partial charge is 0.305 e. The Kier molecular flexibility index (Phi) is 21.4. The van der Waals surface area contributed by atoms with Gasteiger partial charge in [-0.3, -0.25) is 9.59 Å². The van der Waals surface area contributed by atoms with Crippen LogP contribution in [0, 0.1) is 5.92 Å². The van der Waals surface area contributed by atoms with Gasteiger partial charge in [-0.05, 0) is 44.4 Å². The molecule has 184 valence electrons. The Morgan fingerprint density at radius 2 is 1.19 bits per heavy atom. The van der Waals surface area contributed by atoms with Crippen molar-refractivity contribution in [2.45, 2.75) is 149 Å². The molecule has 0 fully saturated rings. The van der Waals surface area contributed by atoms with E-state index in [4.69, 9.17) is 9.47 Å². The topological polar surface area (TPSA) is 52.6 Å². The summed E-state index contributed by atoms with van der Waals surface area (Å²) in [6.07, 6.45) is 19.8. The lowest BCUT2D eigenvalue weighted by molar-refractivity contribution is -0.149. The molecule has 0 saturated heterocycles. The Morgan fingerprint density at radius 3 is 1.74 bits per heavy atom. The van der Waals surface area contributed by atoms with Gasteiger partial charge in [0.2, 0.25) is 0 Å². The largest absolute Gasteiger partial charge is 0.465 e. The molecule has 0 radical (unpaired) electrons. The Morgan fingerprint density at radius 1 is 0.645 bits per heavy atom. The van der Waals surface area contributed by atoms with Gasteiger partial charge in [0.05, 0.1) is 6.61 Å². The minimum absolute atomic E-state index is 0.0315. The summed E-state index contributed by atoms with van der Waals surface area (Å²) in [4.78, 5) is 23.4. The van der Waals surface area contributed by atoms with E-state index in [0.29, 0.717) is 25.4 Å². The summed E-state index contributed by atoms with van der Waals surface area (Å²) in [5.74, 6) is 0.389. The highest BCUT2D eigenvalue weighted by Crippen LogP contribution is 2.17. The third kappa shape index (κ3) is 20.6. The van der Waals surface area contributed by atoms with Crippen molar-refractivity contribution in [3.63, 3.8) is 0 Å². The maximum atomic E-state index is 11.7. The predicted molar refractivity (Wildman–Crippen MR) is 130 cm³/mol. The molecule has 0 rings (SSSR count). The van der Waals surface area contributed by atoms with Gasteiger partial charge in [0.1, 0.15) is 6.10 Å². The van der Waals surface area contributed by atoms with E-state index < -0.39 is 0 Å². The molecule has 0 amide bonds. The molecule has 0 aliphatic rings. The van der Waals surface area contributed by atoms with Crippen molar-refractivity contribution >= 4 is 11.9 Å². The molecule has 0 saturated carbocycles. The summed E-state index contributed by atoms with van der Waals surface area (Å²) < 4.78 is 11.0. The van der Waals surface area contributed by atoms with Crippen molar-refractivity contribution < 1.29 is 19.1 Å². The van der Waals surface area contributed by atoms with Crippen molar-refractivity contribution in [2.24, 2.45) is 5.92 Å². The first kappa shape index (κ1) is 29.9. The molecular formula is C27H52O4. The molecule has 0 aromatic carbocycles. The van der Waals surface area contributed by atoms with E-state index in [2.05, 4.69) is 20.8 Å². The van der Waals surface area contributed by atoms with Crippen molar-refractivity contribution in [1.82, 2.24) is 0 Å². The fraction of sp³-hybridized carbons (Fsp3) is 0.926. The van der Waals surface area contributed by atoms with E-state index >= 15 is 0 Å². The molecule has 0 unspecified atom stereocenters. The van der Waals surface area contributed by atoms with Crippen LogP contribution in [-0.2, 0) is 19.1 Å². The highest BCUT2D eigenvalue weighted by molar-refractivity contribution is 5.69. The van der Waals surface area contributed by atoms with Gasteiger partial charge < -0.3 is 9.47 Å². The zero-order chi connectivity index (χ0) is 23.2. The average molecular weight is 441 g/mol. The number of hydrogen-bond donors (Lipinski definition) is 0. The first-order chi connectivity index (χ1) is 15.0. The SMILES string of the molecule is CCCCCC[C@H](CCCCCCCCCCC(=O)OC[C@H](C)CCC)OC(=O)CC. The van der Waals surface area contributed by atoms with Crippen molar-refractivity contribution in [2.75, 3.05) is 6.61 Å². The van der Waals surface area contributed by atoms with E-state index in [1.165, 1.54) is 57.8 Å². The third-order valence-electron chi connectivity index (χ3n) is 5.93. The fourth-order valence-corrected chi connectivity index (χ4v) is 3.92. The van der Waals surface area contributed by atoms with Gasteiger partial charge in [0, 0.05) is 12.8 Å². The lowest BCUT2D eigenvalue weighted by atomic mass is 10.0. The molecule has 0 aliphatic carbocycles. The second kappa shape index (κ2) is 22.1. The highest BCUT2D eigenvalue weighted by Gasteiger charge is 2.13. The van der Waals surface area contributed by atoms with Gasteiger partial charge in [-0.1, -0.05) is 91.9 Å². The number of carbonyl (C=O) groups excluding carboxylic acids is 2. The van der Waals surface area contributed by atoms with Crippen LogP contribution in [-0.4, -0.2) is 24.6 Å². The second-order valence-corrected chi connectivity index (χ2v) is 9.26. The van der Waals surface area contributed by atoms with E-state index in [9.17, 15) is 9.59 Å². The number of carbonyl (C=O) groups is 2. The van der Waals surface area contributed by atoms with Gasteiger partial charge in [0.15, 0.2) is 0 Å². The van der Waals surface area contributed by atoms with Gasteiger partial charge >= 0.3 is 11.9 Å². The zero-order valence-electron chi connectivity index (χ0n) is 21.2. The molecule has 0 spiro atoms. The molecule has 2 atom stereocenters. The number of esters is 2. The molecule has 0 aromatic rings. The molecule has 0 bridgehead atoms. The van der Waals surface area contributed by atoms with E-state index in [1.54, 1.807) is 0 Å². The summed E-state index contributed by atoms with van der Waals surface area (Å²) in [7, 11) is 0. The van der Waals surface area contributed by atoms with Crippen LogP contribution < -0.4 is 0 Å². The van der Waals surface area contributed by atoms with Crippen molar-refractivity contribution in [1.29, 1.82) is 0 Å². The third-order valence-corrected chi connectivity index (χ3v) is 5.93. The number of ether oxygens (including phenoxy) is 2. The van der Waals surface area contributed by atoms with Crippen molar-refractivity contribution in [3.05, 3.63) is 0 Å². The van der Waals surface area contributed by atoms with Gasteiger partial charge in [-0.25, -0.2) is 0 Å². The minimum Gasteiger partial charge on any atom is -0.465 e. The van der Waals surface area contributed by atoms with Crippen LogP contribution in [0.2, 0.25) is 0 Å². The van der Waals surface area contributed by atoms with Crippen LogP contribution in [0.4, 0.5) is 0 Å². The van der Waals surface area contributed by atoms with Crippen molar-refractivity contribution in [3.8, 4) is 0 Å². The summed E-state index contributed by atoms with van der Waals surface area (Å²) in [5.41, 5.74) is 0. The quantitative estimate of drug-likeness (QED) is 0.126. The van der Waals surface area contributed by atoms with Crippen LogP contribution in [0.15, 0.2) is 0 Å². The summed E-state index contributed by atoms with van der Waals surface area (Å²) in [6.45, 7) is 8.97. The minimum atomic E-state index is -0.0557. The monoisotopic (exact) mass is 440 g/mol. The zero-order valence-corrected chi connectivity index (χ0v) is 21.2. The summed E-state index contributed by atoms with van der Waals surface area (Å²) in [5, 5.41) is 0.